The smallest absolute Gasteiger partial charge is 0.324 e. The van der Waals surface area contributed by atoms with E-state index in [1.807, 2.05) is 0 Å². The van der Waals surface area contributed by atoms with Crippen LogP contribution >= 0.6 is 0 Å². The van der Waals surface area contributed by atoms with Crippen LogP contribution in [0.1, 0.15) is 30.1 Å². The quantitative estimate of drug-likeness (QED) is 0.650. The third kappa shape index (κ3) is 2.62. The molecule has 2 saturated heterocycles. The zero-order chi connectivity index (χ0) is 16.6. The van der Waals surface area contributed by atoms with Gasteiger partial charge in [0, 0.05) is 12.8 Å². The lowest BCUT2D eigenvalue weighted by molar-refractivity contribution is -0.158. The molecule has 7 nitrogen and oxygen atoms in total. The molecule has 0 saturated carbocycles. The molecule has 1 aromatic rings. The first-order chi connectivity index (χ1) is 10.9. The van der Waals surface area contributed by atoms with Crippen molar-refractivity contribution in [2.75, 3.05) is 6.61 Å². The Morgan fingerprint density at radius 2 is 1.96 bits per heavy atom. The Morgan fingerprint density at radius 1 is 1.26 bits per heavy atom. The van der Waals surface area contributed by atoms with Crippen molar-refractivity contribution in [2.24, 2.45) is 11.1 Å². The Hall–Kier alpha value is -2.57. The molecule has 3 atom stereocenters. The van der Waals surface area contributed by atoms with E-state index in [0.717, 1.165) is 0 Å². The summed E-state index contributed by atoms with van der Waals surface area (Å²) >= 11 is 0. The van der Waals surface area contributed by atoms with Gasteiger partial charge in [-0.05, 0) is 19.1 Å². The van der Waals surface area contributed by atoms with Gasteiger partial charge in [0.1, 0.15) is 24.6 Å². The molecular formula is C16H17NO6. The van der Waals surface area contributed by atoms with Crippen molar-refractivity contribution in [1.82, 2.24) is 0 Å². The third-order valence-corrected chi connectivity index (χ3v) is 4.15. The van der Waals surface area contributed by atoms with E-state index < -0.39 is 29.4 Å². The molecule has 2 aliphatic rings. The van der Waals surface area contributed by atoms with Crippen LogP contribution in [-0.4, -0.2) is 36.7 Å². The van der Waals surface area contributed by atoms with Gasteiger partial charge < -0.3 is 19.9 Å². The van der Waals surface area contributed by atoms with Crippen LogP contribution in [0.15, 0.2) is 24.3 Å². The van der Waals surface area contributed by atoms with Gasteiger partial charge in [-0.15, -0.1) is 0 Å². The molecule has 23 heavy (non-hydrogen) atoms. The number of esters is 2. The minimum absolute atomic E-state index is 0.0411. The Balaban J connectivity index is 1.68. The number of para-hydroxylation sites is 1. The monoisotopic (exact) mass is 319 g/mol. The number of carbonyl (C=O) groups excluding carboxylic acids is 3. The topological polar surface area (TPSA) is 105 Å². The second-order valence-electron chi connectivity index (χ2n) is 5.91. The van der Waals surface area contributed by atoms with Gasteiger partial charge in [-0.2, -0.15) is 0 Å². The number of cyclic esters (lactones) is 2. The van der Waals surface area contributed by atoms with Crippen molar-refractivity contribution in [3.05, 3.63) is 29.8 Å². The number of amides is 1. The van der Waals surface area contributed by atoms with Gasteiger partial charge in [-0.25, -0.2) is 0 Å². The SMILES string of the molecule is CC1CC2(CC(COc3ccccc3C(N)=O)OC2=O)C(=O)O1. The number of hydrogen-bond acceptors (Lipinski definition) is 6. The van der Waals surface area contributed by atoms with Gasteiger partial charge in [0.2, 0.25) is 0 Å². The molecule has 2 aliphatic heterocycles. The molecule has 1 spiro atoms. The van der Waals surface area contributed by atoms with Gasteiger partial charge in [0.05, 0.1) is 5.56 Å². The zero-order valence-electron chi connectivity index (χ0n) is 12.6. The largest absolute Gasteiger partial charge is 0.489 e. The van der Waals surface area contributed by atoms with Gasteiger partial charge >= 0.3 is 11.9 Å². The van der Waals surface area contributed by atoms with E-state index in [0.29, 0.717) is 12.2 Å². The van der Waals surface area contributed by atoms with E-state index in [1.54, 1.807) is 31.2 Å². The third-order valence-electron chi connectivity index (χ3n) is 4.15. The van der Waals surface area contributed by atoms with Crippen molar-refractivity contribution in [1.29, 1.82) is 0 Å². The first-order valence-corrected chi connectivity index (χ1v) is 7.36. The summed E-state index contributed by atoms with van der Waals surface area (Å²) in [5.41, 5.74) is 4.32. The minimum atomic E-state index is -1.21. The number of carbonyl (C=O) groups is 3. The molecule has 2 heterocycles. The molecule has 0 aromatic heterocycles. The van der Waals surface area contributed by atoms with Crippen molar-refractivity contribution in [3.63, 3.8) is 0 Å². The highest BCUT2D eigenvalue weighted by Crippen LogP contribution is 2.44. The average Bonchev–Trinajstić information content (AvgIpc) is 2.97. The summed E-state index contributed by atoms with van der Waals surface area (Å²) in [4.78, 5) is 35.4. The van der Waals surface area contributed by atoms with Crippen LogP contribution in [-0.2, 0) is 19.1 Å². The molecule has 122 valence electrons. The fourth-order valence-corrected chi connectivity index (χ4v) is 3.09. The lowest BCUT2D eigenvalue weighted by Crippen LogP contribution is -2.31. The Labute approximate surface area is 132 Å². The van der Waals surface area contributed by atoms with Crippen molar-refractivity contribution in [3.8, 4) is 5.75 Å². The van der Waals surface area contributed by atoms with Crippen molar-refractivity contribution < 1.29 is 28.6 Å². The highest BCUT2D eigenvalue weighted by molar-refractivity contribution is 6.02. The van der Waals surface area contributed by atoms with Crippen LogP contribution in [0.25, 0.3) is 0 Å². The van der Waals surface area contributed by atoms with Crippen LogP contribution in [0.2, 0.25) is 0 Å². The predicted molar refractivity (Wildman–Crippen MR) is 77.6 cm³/mol. The van der Waals surface area contributed by atoms with Crippen molar-refractivity contribution in [2.45, 2.75) is 32.0 Å². The number of ether oxygens (including phenoxy) is 3. The Kier molecular flexibility index (Phi) is 3.71. The van der Waals surface area contributed by atoms with Gasteiger partial charge in [0.15, 0.2) is 5.41 Å². The highest BCUT2D eigenvalue weighted by atomic mass is 16.6. The molecular weight excluding hydrogens is 302 g/mol. The molecule has 0 aliphatic carbocycles. The van der Waals surface area contributed by atoms with Gasteiger partial charge in [0.25, 0.3) is 5.91 Å². The molecule has 7 heteroatoms. The predicted octanol–water partition coefficient (Wildman–Crippen LogP) is 0.802. The maximum absolute atomic E-state index is 12.1. The minimum Gasteiger partial charge on any atom is -0.489 e. The van der Waals surface area contributed by atoms with Crippen LogP contribution in [0, 0.1) is 5.41 Å². The Bertz CT molecular complexity index is 672. The lowest BCUT2D eigenvalue weighted by Gasteiger charge is -2.13. The van der Waals surface area contributed by atoms with E-state index in [2.05, 4.69) is 0 Å². The summed E-state index contributed by atoms with van der Waals surface area (Å²) in [5, 5.41) is 0. The summed E-state index contributed by atoms with van der Waals surface area (Å²) in [6.45, 7) is 1.78. The number of rotatable bonds is 4. The van der Waals surface area contributed by atoms with E-state index >= 15 is 0 Å². The number of hydrogen-bond donors (Lipinski definition) is 1. The van der Waals surface area contributed by atoms with E-state index in [9.17, 15) is 14.4 Å². The number of benzene rings is 1. The molecule has 2 fully saturated rings. The normalized spacial score (nSPS) is 29.4. The standard InChI is InChI=1S/C16H17NO6/c1-9-6-16(14(19)22-9)7-10(23-15(16)20)8-21-12-5-3-2-4-11(12)13(17)18/h2-5,9-10H,6-8H2,1H3,(H2,17,18). The number of nitrogens with two attached hydrogens (primary N) is 1. The molecule has 2 N–H and O–H groups in total. The van der Waals surface area contributed by atoms with Gasteiger partial charge in [-0.1, -0.05) is 12.1 Å². The fraction of sp³-hybridized carbons (Fsp3) is 0.438. The first-order valence-electron chi connectivity index (χ1n) is 7.36. The maximum Gasteiger partial charge on any atom is 0.324 e. The molecule has 1 aromatic carbocycles. The molecule has 3 unspecified atom stereocenters. The van der Waals surface area contributed by atoms with Crippen LogP contribution in [0.4, 0.5) is 0 Å². The number of primary amides is 1. The van der Waals surface area contributed by atoms with E-state index in [1.165, 1.54) is 0 Å². The first kappa shape index (κ1) is 15.3. The second kappa shape index (κ2) is 5.57. The average molecular weight is 319 g/mol. The molecule has 1 amide bonds. The summed E-state index contributed by atoms with van der Waals surface area (Å²) in [6.07, 6.45) is -0.334. The fourth-order valence-electron chi connectivity index (χ4n) is 3.09. The Morgan fingerprint density at radius 3 is 2.61 bits per heavy atom. The van der Waals surface area contributed by atoms with Crippen LogP contribution < -0.4 is 10.5 Å². The van der Waals surface area contributed by atoms with Gasteiger partial charge in [-0.3, -0.25) is 14.4 Å². The molecule has 0 bridgehead atoms. The summed E-state index contributed by atoms with van der Waals surface area (Å²) < 4.78 is 15.9. The zero-order valence-corrected chi connectivity index (χ0v) is 12.6. The van der Waals surface area contributed by atoms with Crippen molar-refractivity contribution >= 4 is 17.8 Å². The van der Waals surface area contributed by atoms with E-state index in [-0.39, 0.29) is 24.7 Å². The highest BCUT2D eigenvalue weighted by Gasteiger charge is 2.60. The maximum atomic E-state index is 12.1. The summed E-state index contributed by atoms with van der Waals surface area (Å²) in [5.74, 6) is -1.38. The van der Waals surface area contributed by atoms with Crippen LogP contribution in [0.5, 0.6) is 5.75 Å². The summed E-state index contributed by atoms with van der Waals surface area (Å²) in [6, 6.07) is 6.54. The summed E-state index contributed by atoms with van der Waals surface area (Å²) in [7, 11) is 0. The molecule has 3 rings (SSSR count). The second-order valence-corrected chi connectivity index (χ2v) is 5.91. The lowest BCUT2D eigenvalue weighted by atomic mass is 9.82. The van der Waals surface area contributed by atoms with E-state index in [4.69, 9.17) is 19.9 Å². The molecule has 0 radical (unpaired) electrons. The van der Waals surface area contributed by atoms with Crippen LogP contribution in [0.3, 0.4) is 0 Å².